The maximum atomic E-state index is 13.2. The summed E-state index contributed by atoms with van der Waals surface area (Å²) in [6.45, 7) is 12.1. The van der Waals surface area contributed by atoms with Crippen LogP contribution >= 0.6 is 0 Å². The van der Waals surface area contributed by atoms with E-state index in [4.69, 9.17) is 4.43 Å². The van der Waals surface area contributed by atoms with Crippen LogP contribution in [-0.4, -0.2) is 78.0 Å². The summed E-state index contributed by atoms with van der Waals surface area (Å²) in [5.74, 6) is 0. The Morgan fingerprint density at radius 1 is 0.821 bits per heavy atom. The summed E-state index contributed by atoms with van der Waals surface area (Å²) in [5, 5.41) is 31.9. The molecule has 0 aromatic heterocycles. The van der Waals surface area contributed by atoms with Gasteiger partial charge in [0, 0.05) is 6.54 Å². The Kier molecular flexibility index (Phi) is 11.1. The molecule has 0 aliphatic heterocycles. The van der Waals surface area contributed by atoms with E-state index in [0.29, 0.717) is 0 Å². The van der Waals surface area contributed by atoms with E-state index < -0.39 is 65.9 Å². The molecular weight excluding hydrogens is 561 g/mol. The highest BCUT2D eigenvalue weighted by molar-refractivity contribution is 7.90. The van der Waals surface area contributed by atoms with Gasteiger partial charge in [-0.3, -0.25) is 0 Å². The average molecular weight is 603 g/mol. The van der Waals surface area contributed by atoms with Gasteiger partial charge in [-0.15, -0.1) is 0 Å². The molecule has 10 nitrogen and oxygen atoms in total. The Balaban J connectivity index is 2.38. The molecule has 2 aromatic carbocycles. The predicted molar refractivity (Wildman–Crippen MR) is 153 cm³/mol. The average Bonchev–Trinajstić information content (AvgIpc) is 2.84. The quantitative estimate of drug-likeness (QED) is 0.218. The second-order valence-electron chi connectivity index (χ2n) is 11.3. The van der Waals surface area contributed by atoms with Crippen LogP contribution in [0.25, 0.3) is 0 Å². The number of aryl methyl sites for hydroxylation is 2. The summed E-state index contributed by atoms with van der Waals surface area (Å²) in [7, 11) is -10.8. The molecule has 0 heterocycles. The SMILES string of the molecule is Cc1ccc(S(=O)(=O)NC[C@H](NS(=O)(=O)c2ccc(C)cc2)[C@@H](O)[C@H](O)[C@@H](CO)O[Si](C)(C)C(C)(C)C)cc1. The number of sulfonamides is 2. The molecule has 0 unspecified atom stereocenters. The topological polar surface area (TPSA) is 162 Å². The minimum absolute atomic E-state index is 0.0437. The van der Waals surface area contributed by atoms with E-state index in [-0.39, 0.29) is 14.8 Å². The van der Waals surface area contributed by atoms with Crippen LogP contribution in [0, 0.1) is 13.8 Å². The first-order valence-corrected chi connectivity index (χ1v) is 18.5. The Hall–Kier alpha value is -1.68. The van der Waals surface area contributed by atoms with Gasteiger partial charge >= 0.3 is 0 Å². The van der Waals surface area contributed by atoms with Crippen molar-refractivity contribution in [2.45, 2.75) is 86.9 Å². The molecule has 220 valence electrons. The van der Waals surface area contributed by atoms with E-state index in [1.165, 1.54) is 24.3 Å². The van der Waals surface area contributed by atoms with Crippen LogP contribution in [0.15, 0.2) is 58.3 Å². The molecule has 13 heteroatoms. The summed E-state index contributed by atoms with van der Waals surface area (Å²) in [4.78, 5) is -0.143. The number of hydrogen-bond acceptors (Lipinski definition) is 8. The first kappa shape index (κ1) is 33.5. The van der Waals surface area contributed by atoms with E-state index in [2.05, 4.69) is 9.44 Å². The van der Waals surface area contributed by atoms with Crippen LogP contribution in [0.3, 0.4) is 0 Å². The molecule has 0 spiro atoms. The lowest BCUT2D eigenvalue weighted by molar-refractivity contribution is -0.0787. The fourth-order valence-corrected chi connectivity index (χ4v) is 7.08. The maximum absolute atomic E-state index is 13.2. The number of aliphatic hydroxyl groups excluding tert-OH is 3. The van der Waals surface area contributed by atoms with Gasteiger partial charge in [0.05, 0.1) is 28.5 Å². The van der Waals surface area contributed by atoms with Crippen LogP contribution in [0.1, 0.15) is 31.9 Å². The van der Waals surface area contributed by atoms with Gasteiger partial charge in [-0.05, 0) is 56.2 Å². The standard InChI is InChI=1S/C26H42N2O8S2Si/c1-18-8-12-20(13-9-18)37(32,33)27-16-22(28-38(34,35)21-14-10-19(2)11-15-21)24(30)25(31)23(17-29)36-39(6,7)26(3,4)5/h8-15,22-25,27-31H,16-17H2,1-7H3/t22-,23+,24+,25+/m0/s1. The fraction of sp³-hybridized carbons (Fsp3) is 0.538. The molecule has 4 atom stereocenters. The first-order valence-electron chi connectivity index (χ1n) is 12.6. The molecule has 0 aliphatic rings. The summed E-state index contributed by atoms with van der Waals surface area (Å²) in [6.07, 6.45) is -4.81. The second kappa shape index (κ2) is 12.9. The number of hydrogen-bond donors (Lipinski definition) is 5. The van der Waals surface area contributed by atoms with Crippen molar-refractivity contribution in [2.75, 3.05) is 13.2 Å². The van der Waals surface area contributed by atoms with Gasteiger partial charge in [0.25, 0.3) is 0 Å². The zero-order valence-corrected chi connectivity index (χ0v) is 26.2. The van der Waals surface area contributed by atoms with E-state index in [9.17, 15) is 32.2 Å². The molecule has 2 aromatic rings. The lowest BCUT2D eigenvalue weighted by Gasteiger charge is -2.41. The van der Waals surface area contributed by atoms with Crippen molar-refractivity contribution in [1.29, 1.82) is 0 Å². The van der Waals surface area contributed by atoms with Gasteiger partial charge in [-0.1, -0.05) is 56.2 Å². The monoisotopic (exact) mass is 602 g/mol. The zero-order chi connectivity index (χ0) is 29.8. The molecule has 0 radical (unpaired) electrons. The Labute approximate surface area is 233 Å². The maximum Gasteiger partial charge on any atom is 0.240 e. The molecular formula is C26H42N2O8S2Si. The first-order chi connectivity index (χ1) is 17.8. The largest absolute Gasteiger partial charge is 0.409 e. The van der Waals surface area contributed by atoms with Crippen molar-refractivity contribution in [3.05, 3.63) is 59.7 Å². The fourth-order valence-electron chi connectivity index (χ4n) is 3.45. The molecule has 0 amide bonds. The smallest absolute Gasteiger partial charge is 0.240 e. The van der Waals surface area contributed by atoms with E-state index in [1.807, 2.05) is 33.9 Å². The normalized spacial score (nSPS) is 16.5. The summed E-state index contributed by atoms with van der Waals surface area (Å²) >= 11 is 0. The second-order valence-corrected chi connectivity index (χ2v) is 19.5. The van der Waals surface area contributed by atoms with Gasteiger partial charge in [0.1, 0.15) is 12.2 Å². The van der Waals surface area contributed by atoms with Crippen molar-refractivity contribution in [3.63, 3.8) is 0 Å². The highest BCUT2D eigenvalue weighted by atomic mass is 32.2. The molecule has 0 aliphatic carbocycles. The Morgan fingerprint density at radius 3 is 1.67 bits per heavy atom. The molecule has 0 fully saturated rings. The van der Waals surface area contributed by atoms with Crippen LogP contribution in [0.2, 0.25) is 18.1 Å². The highest BCUT2D eigenvalue weighted by Crippen LogP contribution is 2.37. The van der Waals surface area contributed by atoms with Crippen molar-refractivity contribution >= 4 is 28.4 Å². The van der Waals surface area contributed by atoms with Gasteiger partial charge in [0.15, 0.2) is 8.32 Å². The minimum Gasteiger partial charge on any atom is -0.409 e. The highest BCUT2D eigenvalue weighted by Gasteiger charge is 2.43. The van der Waals surface area contributed by atoms with E-state index >= 15 is 0 Å². The Morgan fingerprint density at radius 2 is 1.26 bits per heavy atom. The number of rotatable bonds is 13. The number of benzene rings is 2. The van der Waals surface area contributed by atoms with E-state index in [0.717, 1.165) is 11.1 Å². The van der Waals surface area contributed by atoms with Gasteiger partial charge in [-0.25, -0.2) is 26.3 Å². The molecule has 0 saturated carbocycles. The van der Waals surface area contributed by atoms with Crippen LogP contribution in [0.4, 0.5) is 0 Å². The zero-order valence-electron chi connectivity index (χ0n) is 23.5. The lowest BCUT2D eigenvalue weighted by atomic mass is 10.0. The lowest BCUT2D eigenvalue weighted by Crippen LogP contribution is -2.58. The van der Waals surface area contributed by atoms with Gasteiger partial charge in [-0.2, -0.15) is 0 Å². The molecule has 2 rings (SSSR count). The van der Waals surface area contributed by atoms with Crippen LogP contribution in [0.5, 0.6) is 0 Å². The third kappa shape index (κ3) is 8.90. The van der Waals surface area contributed by atoms with Crippen LogP contribution in [-0.2, 0) is 24.5 Å². The molecule has 0 bridgehead atoms. The minimum atomic E-state index is -4.23. The van der Waals surface area contributed by atoms with Crippen molar-refractivity contribution < 1.29 is 36.6 Å². The van der Waals surface area contributed by atoms with Crippen molar-refractivity contribution in [2.24, 2.45) is 0 Å². The Bertz CT molecular complexity index is 1290. The summed E-state index contributed by atoms with van der Waals surface area (Å²) in [5.41, 5.74) is 1.69. The molecule has 39 heavy (non-hydrogen) atoms. The number of aliphatic hydroxyl groups is 3. The van der Waals surface area contributed by atoms with Crippen molar-refractivity contribution in [3.8, 4) is 0 Å². The number of nitrogens with one attached hydrogen (secondary N) is 2. The van der Waals surface area contributed by atoms with E-state index in [1.54, 1.807) is 38.1 Å². The molecule has 5 N–H and O–H groups in total. The van der Waals surface area contributed by atoms with Crippen LogP contribution < -0.4 is 9.44 Å². The third-order valence-electron chi connectivity index (χ3n) is 7.04. The molecule has 0 saturated heterocycles. The summed E-state index contributed by atoms with van der Waals surface area (Å²) in [6, 6.07) is 10.5. The summed E-state index contributed by atoms with van der Waals surface area (Å²) < 4.78 is 62.9. The third-order valence-corrected chi connectivity index (χ3v) is 14.5. The van der Waals surface area contributed by atoms with Crippen molar-refractivity contribution in [1.82, 2.24) is 9.44 Å². The van der Waals surface area contributed by atoms with Gasteiger partial charge < -0.3 is 19.7 Å². The van der Waals surface area contributed by atoms with Gasteiger partial charge in [0.2, 0.25) is 20.0 Å². The predicted octanol–water partition coefficient (Wildman–Crippen LogP) is 2.03.